The Morgan fingerprint density at radius 1 is 0.510 bits per heavy atom. The zero-order chi connectivity index (χ0) is 36.0. The number of carbonyl (C=O) groups is 1. The predicted molar refractivity (Wildman–Crippen MR) is 210 cm³/mol. The zero-order valence-electron chi connectivity index (χ0n) is 32.4. The summed E-state index contributed by atoms with van der Waals surface area (Å²) >= 11 is 0. The van der Waals surface area contributed by atoms with E-state index in [0.717, 1.165) is 57.8 Å². The van der Waals surface area contributed by atoms with E-state index in [0.29, 0.717) is 12.8 Å². The molecule has 0 aromatic heterocycles. The maximum absolute atomic E-state index is 12.4. The van der Waals surface area contributed by atoms with Crippen molar-refractivity contribution in [1.82, 2.24) is 5.32 Å². The maximum atomic E-state index is 12.4. The van der Waals surface area contributed by atoms with Gasteiger partial charge in [-0.25, -0.2) is 0 Å². The van der Waals surface area contributed by atoms with Crippen LogP contribution in [0.1, 0.15) is 213 Å². The number of nitrogens with one attached hydrogen (secondary N) is 1. The second-order valence-corrected chi connectivity index (χ2v) is 14.7. The summed E-state index contributed by atoms with van der Waals surface area (Å²) in [6, 6.07) is -0.980. The number of unbranched alkanes of at least 4 members (excludes halogenated alkanes) is 25. The van der Waals surface area contributed by atoms with Gasteiger partial charge in [-0.1, -0.05) is 192 Å². The fourth-order valence-electron chi connectivity index (χ4n) is 6.49. The molecule has 0 fully saturated rings. The molecule has 290 valence electrons. The zero-order valence-corrected chi connectivity index (χ0v) is 32.4. The predicted octanol–water partition coefficient (Wildman–Crippen LogP) is 10.8. The number of carbonyl (C=O) groups excluding carboxylic acids is 1. The molecule has 0 spiro atoms. The third-order valence-electron chi connectivity index (χ3n) is 9.92. The Labute approximate surface area is 304 Å². The van der Waals surface area contributed by atoms with Gasteiger partial charge in [-0.05, 0) is 44.9 Å². The first-order valence-corrected chi connectivity index (χ1v) is 21.2. The molecule has 0 aliphatic carbocycles. The Morgan fingerprint density at radius 3 is 1.29 bits per heavy atom. The Kier molecular flexibility index (Phi) is 37.1. The molecular formula is C43H83NO5. The van der Waals surface area contributed by atoms with E-state index in [9.17, 15) is 25.2 Å². The van der Waals surface area contributed by atoms with Gasteiger partial charge < -0.3 is 25.7 Å². The number of rotatable bonds is 38. The van der Waals surface area contributed by atoms with E-state index in [-0.39, 0.29) is 0 Å². The number of aliphatic hydroxyl groups is 4. The second kappa shape index (κ2) is 38.0. The number of hydrogen-bond acceptors (Lipinski definition) is 5. The van der Waals surface area contributed by atoms with Gasteiger partial charge in [0.05, 0.1) is 18.8 Å². The summed E-state index contributed by atoms with van der Waals surface area (Å²) in [6.07, 6.45) is 42.7. The second-order valence-electron chi connectivity index (χ2n) is 14.7. The molecule has 0 aliphatic rings. The molecule has 4 unspecified atom stereocenters. The van der Waals surface area contributed by atoms with E-state index < -0.39 is 36.9 Å². The normalized spacial score (nSPS) is 14.5. The van der Waals surface area contributed by atoms with Crippen LogP contribution in [0.3, 0.4) is 0 Å². The van der Waals surface area contributed by atoms with E-state index >= 15 is 0 Å². The van der Waals surface area contributed by atoms with E-state index in [1.165, 1.54) is 128 Å². The summed E-state index contributed by atoms with van der Waals surface area (Å²) in [4.78, 5) is 12.4. The quantitative estimate of drug-likeness (QED) is 0.0327. The van der Waals surface area contributed by atoms with Gasteiger partial charge >= 0.3 is 0 Å². The van der Waals surface area contributed by atoms with Crippen molar-refractivity contribution >= 4 is 5.91 Å². The highest BCUT2D eigenvalue weighted by Crippen LogP contribution is 2.15. The fraction of sp³-hybridized carbons (Fsp3) is 0.884. The van der Waals surface area contributed by atoms with Crippen LogP contribution in [0.2, 0.25) is 0 Å². The van der Waals surface area contributed by atoms with Crippen molar-refractivity contribution in [3.05, 3.63) is 24.3 Å². The number of allylic oxidation sites excluding steroid dienone is 4. The lowest BCUT2D eigenvalue weighted by molar-refractivity contribution is -0.132. The molecule has 6 heteroatoms. The van der Waals surface area contributed by atoms with Gasteiger partial charge in [-0.15, -0.1) is 0 Å². The van der Waals surface area contributed by atoms with Crippen molar-refractivity contribution in [3.8, 4) is 0 Å². The lowest BCUT2D eigenvalue weighted by Crippen LogP contribution is -2.53. The molecule has 6 nitrogen and oxygen atoms in total. The van der Waals surface area contributed by atoms with E-state index in [2.05, 4.69) is 43.5 Å². The molecule has 0 heterocycles. The molecule has 0 aromatic rings. The first-order valence-electron chi connectivity index (χ1n) is 21.2. The standard InChI is InChI=1S/C43H83NO5/c1-3-5-7-9-10-11-12-13-14-15-16-17-18-19-20-21-22-23-24-25-26-27-28-29-30-31-33-35-37-41(47)43(49)44-39(38-45)42(48)40(46)36-34-32-8-6-4-2/h16-17,19-20,39-42,45-48H,3-15,18,21-38H2,1-2H3,(H,44,49)/b17-16-,20-19-. The van der Waals surface area contributed by atoms with Crippen LogP contribution in [-0.4, -0.2) is 57.3 Å². The molecule has 49 heavy (non-hydrogen) atoms. The van der Waals surface area contributed by atoms with Gasteiger partial charge in [0.1, 0.15) is 12.2 Å². The Bertz CT molecular complexity index is 742. The Hall–Kier alpha value is -1.21. The van der Waals surface area contributed by atoms with Crippen molar-refractivity contribution in [2.75, 3.05) is 6.61 Å². The Balaban J connectivity index is 3.57. The average molecular weight is 694 g/mol. The van der Waals surface area contributed by atoms with Crippen LogP contribution in [0, 0.1) is 0 Å². The maximum Gasteiger partial charge on any atom is 0.249 e. The molecule has 0 saturated heterocycles. The number of amides is 1. The largest absolute Gasteiger partial charge is 0.394 e. The minimum absolute atomic E-state index is 0.367. The van der Waals surface area contributed by atoms with Crippen molar-refractivity contribution in [2.45, 2.75) is 237 Å². The highest BCUT2D eigenvalue weighted by atomic mass is 16.3. The molecule has 1 amide bonds. The molecule has 0 aromatic carbocycles. The van der Waals surface area contributed by atoms with Crippen LogP contribution in [-0.2, 0) is 4.79 Å². The number of aliphatic hydroxyl groups excluding tert-OH is 4. The van der Waals surface area contributed by atoms with Crippen molar-refractivity contribution in [1.29, 1.82) is 0 Å². The topological polar surface area (TPSA) is 110 Å². The lowest BCUT2D eigenvalue weighted by atomic mass is 9.99. The summed E-state index contributed by atoms with van der Waals surface area (Å²) in [5.41, 5.74) is 0. The highest BCUT2D eigenvalue weighted by molar-refractivity contribution is 5.80. The third kappa shape index (κ3) is 32.4. The third-order valence-corrected chi connectivity index (χ3v) is 9.92. The summed E-state index contributed by atoms with van der Waals surface area (Å²) in [5, 5.41) is 43.1. The molecule has 5 N–H and O–H groups in total. The smallest absolute Gasteiger partial charge is 0.249 e. The molecule has 0 bridgehead atoms. The molecular weight excluding hydrogens is 610 g/mol. The summed E-state index contributed by atoms with van der Waals surface area (Å²) in [7, 11) is 0. The molecule has 0 aliphatic heterocycles. The van der Waals surface area contributed by atoms with Gasteiger partial charge in [-0.3, -0.25) is 4.79 Å². The van der Waals surface area contributed by atoms with Crippen molar-refractivity contribution in [3.63, 3.8) is 0 Å². The van der Waals surface area contributed by atoms with Gasteiger partial charge in [0.25, 0.3) is 0 Å². The average Bonchev–Trinajstić information content (AvgIpc) is 3.11. The van der Waals surface area contributed by atoms with Crippen LogP contribution in [0.15, 0.2) is 24.3 Å². The lowest BCUT2D eigenvalue weighted by Gasteiger charge is -2.27. The molecule has 4 atom stereocenters. The van der Waals surface area contributed by atoms with Crippen LogP contribution in [0.4, 0.5) is 0 Å². The summed E-state index contributed by atoms with van der Waals surface area (Å²) in [5.74, 6) is -0.591. The van der Waals surface area contributed by atoms with Crippen LogP contribution >= 0.6 is 0 Å². The van der Waals surface area contributed by atoms with Crippen molar-refractivity contribution < 1.29 is 25.2 Å². The molecule has 0 rings (SSSR count). The summed E-state index contributed by atoms with van der Waals surface area (Å²) in [6.45, 7) is 3.94. The van der Waals surface area contributed by atoms with Crippen LogP contribution < -0.4 is 5.32 Å². The van der Waals surface area contributed by atoms with Gasteiger partial charge in [0.15, 0.2) is 0 Å². The molecule has 0 saturated carbocycles. The first-order chi connectivity index (χ1) is 24.0. The summed E-state index contributed by atoms with van der Waals surface area (Å²) < 4.78 is 0. The van der Waals surface area contributed by atoms with E-state index in [4.69, 9.17) is 0 Å². The molecule has 0 radical (unpaired) electrons. The van der Waals surface area contributed by atoms with Gasteiger partial charge in [-0.2, -0.15) is 0 Å². The monoisotopic (exact) mass is 694 g/mol. The minimum Gasteiger partial charge on any atom is -0.394 e. The van der Waals surface area contributed by atoms with E-state index in [1.807, 2.05) is 0 Å². The number of hydrogen-bond donors (Lipinski definition) is 5. The van der Waals surface area contributed by atoms with E-state index in [1.54, 1.807) is 0 Å². The first kappa shape index (κ1) is 47.8. The van der Waals surface area contributed by atoms with Gasteiger partial charge in [0.2, 0.25) is 5.91 Å². The SMILES string of the molecule is CCCCCCCCCCC/C=C\C/C=C\CCCCCCCCCCCCCCC(O)C(=O)NC(CO)C(O)C(O)CCCCCCC. The van der Waals surface area contributed by atoms with Crippen LogP contribution in [0.25, 0.3) is 0 Å². The van der Waals surface area contributed by atoms with Crippen molar-refractivity contribution in [2.24, 2.45) is 0 Å². The highest BCUT2D eigenvalue weighted by Gasteiger charge is 2.28. The van der Waals surface area contributed by atoms with Crippen LogP contribution in [0.5, 0.6) is 0 Å². The Morgan fingerprint density at radius 2 is 0.878 bits per heavy atom. The fourth-order valence-corrected chi connectivity index (χ4v) is 6.49. The van der Waals surface area contributed by atoms with Gasteiger partial charge in [0, 0.05) is 0 Å². The minimum atomic E-state index is -1.25.